The Hall–Kier alpha value is -1.85. The molecule has 1 saturated heterocycles. The lowest BCUT2D eigenvalue weighted by molar-refractivity contribution is 0.0662. The van der Waals surface area contributed by atoms with Crippen LogP contribution in [-0.2, 0) is 0 Å². The number of piperidine rings is 1. The fourth-order valence-corrected chi connectivity index (χ4v) is 3.30. The van der Waals surface area contributed by atoms with Crippen molar-refractivity contribution >= 4 is 17.5 Å². The van der Waals surface area contributed by atoms with Gasteiger partial charge in [-0.3, -0.25) is 9.89 Å². The van der Waals surface area contributed by atoms with Gasteiger partial charge in [-0.1, -0.05) is 23.7 Å². The third kappa shape index (κ3) is 3.41. The van der Waals surface area contributed by atoms with Crippen LogP contribution in [-0.4, -0.2) is 40.1 Å². The van der Waals surface area contributed by atoms with E-state index in [-0.39, 0.29) is 11.9 Å². The SMILES string of the molecule is CC(N)C1CCCN(C(=O)c2cn[nH]c2-c2cccc(Cl)c2)C1. The van der Waals surface area contributed by atoms with Gasteiger partial charge in [0.05, 0.1) is 17.5 Å². The Labute approximate surface area is 140 Å². The van der Waals surface area contributed by atoms with Crippen molar-refractivity contribution in [1.82, 2.24) is 15.1 Å². The molecule has 2 unspecified atom stereocenters. The molecule has 1 fully saturated rings. The van der Waals surface area contributed by atoms with Crippen LogP contribution in [0.4, 0.5) is 0 Å². The van der Waals surface area contributed by atoms with Crippen molar-refractivity contribution in [2.45, 2.75) is 25.8 Å². The number of hydrogen-bond donors (Lipinski definition) is 2. The van der Waals surface area contributed by atoms with Crippen LogP contribution < -0.4 is 5.73 Å². The Bertz CT molecular complexity index is 697. The summed E-state index contributed by atoms with van der Waals surface area (Å²) < 4.78 is 0. The summed E-state index contributed by atoms with van der Waals surface area (Å²) in [4.78, 5) is 14.8. The van der Waals surface area contributed by atoms with Gasteiger partial charge in [0.25, 0.3) is 5.91 Å². The molecule has 2 heterocycles. The summed E-state index contributed by atoms with van der Waals surface area (Å²) in [5.41, 5.74) is 8.16. The third-order valence-corrected chi connectivity index (χ3v) is 4.71. The van der Waals surface area contributed by atoms with Gasteiger partial charge in [-0.2, -0.15) is 5.10 Å². The van der Waals surface area contributed by atoms with Crippen LogP contribution in [0.15, 0.2) is 30.5 Å². The van der Waals surface area contributed by atoms with E-state index in [9.17, 15) is 4.79 Å². The minimum absolute atomic E-state index is 0.000856. The normalized spacial score (nSPS) is 19.6. The second kappa shape index (κ2) is 6.72. The van der Waals surface area contributed by atoms with Gasteiger partial charge < -0.3 is 10.6 Å². The van der Waals surface area contributed by atoms with E-state index in [1.807, 2.05) is 30.0 Å². The number of hydrogen-bond acceptors (Lipinski definition) is 3. The fraction of sp³-hybridized carbons (Fsp3) is 0.412. The molecule has 0 saturated carbocycles. The largest absolute Gasteiger partial charge is 0.338 e. The highest BCUT2D eigenvalue weighted by Crippen LogP contribution is 2.27. The predicted octanol–water partition coefficient (Wildman–Crippen LogP) is 2.93. The van der Waals surface area contributed by atoms with Gasteiger partial charge in [-0.25, -0.2) is 0 Å². The van der Waals surface area contributed by atoms with E-state index in [0.29, 0.717) is 28.7 Å². The molecule has 3 N–H and O–H groups in total. The quantitative estimate of drug-likeness (QED) is 0.907. The molecule has 1 amide bonds. The molecule has 0 radical (unpaired) electrons. The smallest absolute Gasteiger partial charge is 0.257 e. The predicted molar refractivity (Wildman–Crippen MR) is 91.3 cm³/mol. The maximum atomic E-state index is 12.9. The van der Waals surface area contributed by atoms with Crippen molar-refractivity contribution in [2.75, 3.05) is 13.1 Å². The lowest BCUT2D eigenvalue weighted by Gasteiger charge is -2.34. The first-order valence-electron chi connectivity index (χ1n) is 7.90. The summed E-state index contributed by atoms with van der Waals surface area (Å²) >= 11 is 6.05. The van der Waals surface area contributed by atoms with Crippen LogP contribution >= 0.6 is 11.6 Å². The van der Waals surface area contributed by atoms with Crippen LogP contribution in [0.5, 0.6) is 0 Å². The molecule has 3 rings (SSSR count). The number of nitrogens with two attached hydrogens (primary N) is 1. The first-order valence-corrected chi connectivity index (χ1v) is 8.28. The molecule has 2 aromatic rings. The van der Waals surface area contributed by atoms with Crippen molar-refractivity contribution in [3.05, 3.63) is 41.0 Å². The molecule has 0 spiro atoms. The van der Waals surface area contributed by atoms with E-state index in [1.165, 1.54) is 0 Å². The van der Waals surface area contributed by atoms with Crippen LogP contribution in [0, 0.1) is 5.92 Å². The molecule has 1 aromatic carbocycles. The number of carbonyl (C=O) groups is 1. The number of nitrogens with one attached hydrogen (secondary N) is 1. The van der Waals surface area contributed by atoms with E-state index < -0.39 is 0 Å². The Morgan fingerprint density at radius 3 is 3.09 bits per heavy atom. The van der Waals surface area contributed by atoms with Crippen LogP contribution in [0.3, 0.4) is 0 Å². The molecule has 23 heavy (non-hydrogen) atoms. The molecule has 5 nitrogen and oxygen atoms in total. The summed E-state index contributed by atoms with van der Waals surface area (Å²) in [6, 6.07) is 7.51. The molecular formula is C17H21ClN4O. The van der Waals surface area contributed by atoms with Gasteiger partial charge in [0.2, 0.25) is 0 Å². The first kappa shape index (κ1) is 16.0. The number of amides is 1. The Balaban J connectivity index is 1.85. The molecule has 2 atom stereocenters. The maximum Gasteiger partial charge on any atom is 0.257 e. The second-order valence-corrected chi connectivity index (χ2v) is 6.62. The number of rotatable bonds is 3. The number of likely N-dealkylation sites (tertiary alicyclic amines) is 1. The zero-order valence-electron chi connectivity index (χ0n) is 13.1. The van der Waals surface area contributed by atoms with Gasteiger partial charge >= 0.3 is 0 Å². The number of H-pyrrole nitrogens is 1. The lowest BCUT2D eigenvalue weighted by atomic mass is 9.91. The second-order valence-electron chi connectivity index (χ2n) is 6.18. The van der Waals surface area contributed by atoms with Crippen molar-refractivity contribution in [3.8, 4) is 11.3 Å². The summed E-state index contributed by atoms with van der Waals surface area (Å²) in [6.07, 6.45) is 3.66. The molecule has 6 heteroatoms. The average molecular weight is 333 g/mol. The van der Waals surface area contributed by atoms with Crippen molar-refractivity contribution in [3.63, 3.8) is 0 Å². The Morgan fingerprint density at radius 1 is 1.52 bits per heavy atom. The maximum absolute atomic E-state index is 12.9. The summed E-state index contributed by atoms with van der Waals surface area (Å²) in [5, 5.41) is 7.61. The number of aromatic amines is 1. The van der Waals surface area contributed by atoms with E-state index in [1.54, 1.807) is 12.3 Å². The summed E-state index contributed by atoms with van der Waals surface area (Å²) in [6.45, 7) is 3.48. The van der Waals surface area contributed by atoms with Gasteiger partial charge in [-0.05, 0) is 37.8 Å². The third-order valence-electron chi connectivity index (χ3n) is 4.47. The van der Waals surface area contributed by atoms with Crippen LogP contribution in [0.25, 0.3) is 11.3 Å². The number of nitrogens with zero attached hydrogens (tertiary/aromatic N) is 2. The molecule has 122 valence electrons. The Kier molecular flexibility index (Phi) is 4.68. The zero-order valence-corrected chi connectivity index (χ0v) is 13.9. The molecule has 0 aliphatic carbocycles. The standard InChI is InChI=1S/C17H21ClN4O/c1-11(19)13-5-3-7-22(10-13)17(23)15-9-20-21-16(15)12-4-2-6-14(18)8-12/h2,4,6,8-9,11,13H,3,5,7,10,19H2,1H3,(H,20,21). The first-order chi connectivity index (χ1) is 11.1. The van der Waals surface area contributed by atoms with Gasteiger partial charge in [0, 0.05) is 29.7 Å². The number of carbonyl (C=O) groups excluding carboxylic acids is 1. The number of benzene rings is 1. The minimum Gasteiger partial charge on any atom is -0.338 e. The molecule has 0 bridgehead atoms. The van der Waals surface area contributed by atoms with Crippen LogP contribution in [0.2, 0.25) is 5.02 Å². The molecule has 1 aliphatic rings. The Morgan fingerprint density at radius 2 is 2.35 bits per heavy atom. The fourth-order valence-electron chi connectivity index (χ4n) is 3.11. The minimum atomic E-state index is -0.000856. The molecule has 1 aliphatic heterocycles. The van der Waals surface area contributed by atoms with Gasteiger partial charge in [0.1, 0.15) is 0 Å². The molecule has 1 aromatic heterocycles. The summed E-state index contributed by atoms with van der Waals surface area (Å²) in [7, 11) is 0. The topological polar surface area (TPSA) is 75.0 Å². The van der Waals surface area contributed by atoms with Crippen molar-refractivity contribution < 1.29 is 4.79 Å². The van der Waals surface area contributed by atoms with E-state index in [0.717, 1.165) is 24.9 Å². The monoisotopic (exact) mass is 332 g/mol. The highest BCUT2D eigenvalue weighted by molar-refractivity contribution is 6.30. The van der Waals surface area contributed by atoms with E-state index >= 15 is 0 Å². The van der Waals surface area contributed by atoms with Crippen molar-refractivity contribution in [2.24, 2.45) is 11.7 Å². The van der Waals surface area contributed by atoms with Gasteiger partial charge in [-0.15, -0.1) is 0 Å². The van der Waals surface area contributed by atoms with Crippen LogP contribution in [0.1, 0.15) is 30.1 Å². The highest BCUT2D eigenvalue weighted by Gasteiger charge is 2.28. The van der Waals surface area contributed by atoms with Gasteiger partial charge in [0.15, 0.2) is 0 Å². The summed E-state index contributed by atoms with van der Waals surface area (Å²) in [5.74, 6) is 0.355. The number of halogens is 1. The van der Waals surface area contributed by atoms with E-state index in [2.05, 4.69) is 10.2 Å². The number of aromatic nitrogens is 2. The average Bonchev–Trinajstić information content (AvgIpc) is 3.04. The highest BCUT2D eigenvalue weighted by atomic mass is 35.5. The lowest BCUT2D eigenvalue weighted by Crippen LogP contribution is -2.45. The zero-order chi connectivity index (χ0) is 16.4. The van der Waals surface area contributed by atoms with E-state index in [4.69, 9.17) is 17.3 Å². The molecular weight excluding hydrogens is 312 g/mol. The van der Waals surface area contributed by atoms with Crippen molar-refractivity contribution in [1.29, 1.82) is 0 Å².